The van der Waals surface area contributed by atoms with Crippen LogP contribution < -0.4 is 5.19 Å². The molecule has 0 unspecified atom stereocenters. The fourth-order valence-corrected chi connectivity index (χ4v) is 4.54. The standard InChI is InChI=1S/C19H14Si/c1-2-8-14(9-3-1)20-19-17-12-6-4-10-15(17)16-11-5-7-13-18(16)19/h1-13,19H. The minimum Gasteiger partial charge on any atom is -0.0635 e. The van der Waals surface area contributed by atoms with Crippen LogP contribution in [-0.4, -0.2) is 9.52 Å². The first-order valence-electron chi connectivity index (χ1n) is 6.93. The van der Waals surface area contributed by atoms with E-state index in [9.17, 15) is 0 Å². The molecule has 0 saturated heterocycles. The lowest BCUT2D eigenvalue weighted by molar-refractivity contribution is 1.19. The Morgan fingerprint density at radius 3 is 1.65 bits per heavy atom. The molecule has 2 radical (unpaired) electrons. The second-order valence-corrected chi connectivity index (χ2v) is 6.56. The van der Waals surface area contributed by atoms with E-state index in [1.54, 1.807) is 0 Å². The molecule has 0 fully saturated rings. The number of hydrogen-bond donors (Lipinski definition) is 0. The average molecular weight is 270 g/mol. The van der Waals surface area contributed by atoms with Gasteiger partial charge in [-0.15, -0.1) is 0 Å². The molecule has 1 aliphatic carbocycles. The van der Waals surface area contributed by atoms with Crippen molar-refractivity contribution in [1.29, 1.82) is 0 Å². The van der Waals surface area contributed by atoms with E-state index >= 15 is 0 Å². The van der Waals surface area contributed by atoms with Crippen LogP contribution in [0, 0.1) is 0 Å². The van der Waals surface area contributed by atoms with E-state index in [0.29, 0.717) is 5.54 Å². The first-order valence-corrected chi connectivity index (χ1v) is 8.01. The largest absolute Gasteiger partial charge is 0.0949 e. The van der Waals surface area contributed by atoms with E-state index in [1.165, 1.54) is 27.4 Å². The molecule has 0 N–H and O–H groups in total. The summed E-state index contributed by atoms with van der Waals surface area (Å²) in [4.78, 5) is 0. The van der Waals surface area contributed by atoms with Crippen LogP contribution in [0.1, 0.15) is 16.7 Å². The smallest absolute Gasteiger partial charge is 0.0635 e. The van der Waals surface area contributed by atoms with Crippen LogP contribution in [-0.2, 0) is 0 Å². The molecular weight excluding hydrogens is 256 g/mol. The summed E-state index contributed by atoms with van der Waals surface area (Å²) in [7, 11) is 0.792. The van der Waals surface area contributed by atoms with Gasteiger partial charge in [0.25, 0.3) is 0 Å². The van der Waals surface area contributed by atoms with Crippen molar-refractivity contribution in [3.8, 4) is 11.1 Å². The number of benzene rings is 3. The Morgan fingerprint density at radius 2 is 1.05 bits per heavy atom. The molecule has 0 nitrogen and oxygen atoms in total. The molecule has 20 heavy (non-hydrogen) atoms. The van der Waals surface area contributed by atoms with Gasteiger partial charge >= 0.3 is 0 Å². The van der Waals surface area contributed by atoms with E-state index in [0.717, 1.165) is 9.52 Å². The molecule has 1 heteroatoms. The van der Waals surface area contributed by atoms with Crippen molar-refractivity contribution in [3.05, 3.63) is 90.0 Å². The molecule has 0 saturated carbocycles. The van der Waals surface area contributed by atoms with Gasteiger partial charge in [-0.3, -0.25) is 0 Å². The zero-order valence-corrected chi connectivity index (χ0v) is 12.1. The second kappa shape index (κ2) is 4.77. The quantitative estimate of drug-likeness (QED) is 0.622. The van der Waals surface area contributed by atoms with Gasteiger partial charge in [0.05, 0.1) is 9.52 Å². The molecule has 0 amide bonds. The molecule has 0 aliphatic heterocycles. The van der Waals surface area contributed by atoms with Crippen molar-refractivity contribution in [1.82, 2.24) is 0 Å². The lowest BCUT2D eigenvalue weighted by Crippen LogP contribution is -2.21. The van der Waals surface area contributed by atoms with Crippen LogP contribution in [0.25, 0.3) is 11.1 Å². The van der Waals surface area contributed by atoms with Crippen molar-refractivity contribution in [3.63, 3.8) is 0 Å². The Balaban J connectivity index is 1.83. The summed E-state index contributed by atoms with van der Waals surface area (Å²) in [5.74, 6) is 0. The Labute approximate surface area is 121 Å². The third-order valence-corrected chi connectivity index (χ3v) is 5.50. The van der Waals surface area contributed by atoms with Gasteiger partial charge in [0.1, 0.15) is 0 Å². The van der Waals surface area contributed by atoms with Gasteiger partial charge in [-0.05, 0) is 22.3 Å². The monoisotopic (exact) mass is 270 g/mol. The molecule has 0 spiro atoms. The van der Waals surface area contributed by atoms with Crippen molar-refractivity contribution < 1.29 is 0 Å². The molecule has 3 aromatic rings. The summed E-state index contributed by atoms with van der Waals surface area (Å²) in [6, 6.07) is 28.5. The van der Waals surface area contributed by atoms with Gasteiger partial charge in [0, 0.05) is 5.54 Å². The first-order chi connectivity index (χ1) is 9.93. The minimum absolute atomic E-state index is 0.518. The van der Waals surface area contributed by atoms with Gasteiger partial charge < -0.3 is 0 Å². The first kappa shape index (κ1) is 11.7. The van der Waals surface area contributed by atoms with Gasteiger partial charge in [-0.1, -0.05) is 84.0 Å². The Kier molecular flexibility index (Phi) is 2.78. The molecule has 94 valence electrons. The predicted octanol–water partition coefficient (Wildman–Crippen LogP) is 3.79. The number of hydrogen-bond acceptors (Lipinski definition) is 0. The van der Waals surface area contributed by atoms with E-state index < -0.39 is 0 Å². The van der Waals surface area contributed by atoms with E-state index in [-0.39, 0.29) is 0 Å². The van der Waals surface area contributed by atoms with Crippen LogP contribution in [0.4, 0.5) is 0 Å². The Morgan fingerprint density at radius 1 is 0.550 bits per heavy atom. The number of fused-ring (bicyclic) bond motifs is 3. The summed E-state index contributed by atoms with van der Waals surface area (Å²) in [6.45, 7) is 0. The SMILES string of the molecule is c1ccc([Si]C2c3ccccc3-c3ccccc32)cc1. The third kappa shape index (κ3) is 1.83. The van der Waals surface area contributed by atoms with Crippen LogP contribution in [0.2, 0.25) is 0 Å². The topological polar surface area (TPSA) is 0 Å². The summed E-state index contributed by atoms with van der Waals surface area (Å²) in [6.07, 6.45) is 0. The highest BCUT2D eigenvalue weighted by atomic mass is 28.2. The van der Waals surface area contributed by atoms with Gasteiger partial charge in [-0.2, -0.15) is 0 Å². The Hall–Kier alpha value is -2.12. The lowest BCUT2D eigenvalue weighted by atomic mass is 10.1. The van der Waals surface area contributed by atoms with Crippen LogP contribution in [0.3, 0.4) is 0 Å². The van der Waals surface area contributed by atoms with E-state index in [4.69, 9.17) is 0 Å². The molecule has 3 aromatic carbocycles. The minimum atomic E-state index is 0.518. The third-order valence-electron chi connectivity index (χ3n) is 3.92. The maximum atomic E-state index is 2.29. The highest BCUT2D eigenvalue weighted by molar-refractivity contribution is 6.56. The average Bonchev–Trinajstić information content (AvgIpc) is 2.84. The van der Waals surface area contributed by atoms with Gasteiger partial charge in [0.15, 0.2) is 0 Å². The van der Waals surface area contributed by atoms with Crippen LogP contribution >= 0.6 is 0 Å². The molecule has 4 rings (SSSR count). The molecule has 0 atom stereocenters. The highest BCUT2D eigenvalue weighted by Gasteiger charge is 2.28. The predicted molar refractivity (Wildman–Crippen MR) is 85.6 cm³/mol. The summed E-state index contributed by atoms with van der Waals surface area (Å²) < 4.78 is 0. The van der Waals surface area contributed by atoms with Crippen molar-refractivity contribution in [2.24, 2.45) is 0 Å². The normalized spacial score (nSPS) is 13.0. The molecular formula is C19H14Si. The summed E-state index contributed by atoms with van der Waals surface area (Å²) >= 11 is 0. The van der Waals surface area contributed by atoms with E-state index in [2.05, 4.69) is 78.9 Å². The zero-order chi connectivity index (χ0) is 13.4. The molecule has 0 bridgehead atoms. The van der Waals surface area contributed by atoms with Gasteiger partial charge in [-0.25, -0.2) is 0 Å². The maximum Gasteiger partial charge on any atom is 0.0949 e. The number of rotatable bonds is 2. The van der Waals surface area contributed by atoms with Crippen molar-refractivity contribution in [2.45, 2.75) is 5.54 Å². The molecule has 0 aromatic heterocycles. The lowest BCUT2D eigenvalue weighted by Gasteiger charge is -2.12. The molecule has 1 aliphatic rings. The van der Waals surface area contributed by atoms with Gasteiger partial charge in [0.2, 0.25) is 0 Å². The maximum absolute atomic E-state index is 2.29. The zero-order valence-electron chi connectivity index (χ0n) is 11.1. The van der Waals surface area contributed by atoms with Crippen molar-refractivity contribution in [2.75, 3.05) is 0 Å². The molecule has 0 heterocycles. The van der Waals surface area contributed by atoms with Crippen LogP contribution in [0.5, 0.6) is 0 Å². The second-order valence-electron chi connectivity index (χ2n) is 5.12. The fraction of sp³-hybridized carbons (Fsp3) is 0.0526. The summed E-state index contributed by atoms with van der Waals surface area (Å²) in [5.41, 5.74) is 6.31. The van der Waals surface area contributed by atoms with Crippen molar-refractivity contribution >= 4 is 14.7 Å². The highest BCUT2D eigenvalue weighted by Crippen LogP contribution is 2.43. The van der Waals surface area contributed by atoms with E-state index in [1.807, 2.05) is 0 Å². The summed E-state index contributed by atoms with van der Waals surface area (Å²) in [5, 5.41) is 1.43. The Bertz CT molecular complexity index is 701. The van der Waals surface area contributed by atoms with Crippen LogP contribution in [0.15, 0.2) is 78.9 Å². The fourth-order valence-electron chi connectivity index (χ4n) is 3.01.